The van der Waals surface area contributed by atoms with Crippen molar-refractivity contribution in [3.8, 4) is 11.4 Å². The number of hydrogen-bond acceptors (Lipinski definition) is 3. The Kier molecular flexibility index (Phi) is 6.08. The van der Waals surface area contributed by atoms with Gasteiger partial charge in [0.2, 0.25) is 0 Å². The number of para-hydroxylation sites is 1. The normalized spacial score (nSPS) is 10.5. The maximum absolute atomic E-state index is 6.12. The van der Waals surface area contributed by atoms with E-state index in [0.717, 1.165) is 22.2 Å². The summed E-state index contributed by atoms with van der Waals surface area (Å²) >= 11 is 18.1. The highest BCUT2D eigenvalue weighted by Gasteiger charge is 2.10. The molecule has 0 saturated carbocycles. The molecule has 3 nitrogen and oxygen atoms in total. The van der Waals surface area contributed by atoms with Gasteiger partial charge in [-0.2, -0.15) is 0 Å². The first-order valence-electron chi connectivity index (χ1n) is 7.85. The number of aromatic nitrogens is 2. The lowest BCUT2D eigenvalue weighted by atomic mass is 10.2. The maximum Gasteiger partial charge on any atom is 0.162 e. The van der Waals surface area contributed by atoms with Gasteiger partial charge in [0.1, 0.15) is 5.82 Å². The standard InChI is InChI=1S/C20H12Cl3N3.ClH/c21-13-7-5-12(6-8-13)19-25-18-4-2-1-3-15(18)20(26-19)24-14-9-10-16(22)17(23)11-14;/h1-11H,(H,24,25,26);1H/p-1. The lowest BCUT2D eigenvalue weighted by Gasteiger charge is -2.12. The number of anilines is 2. The Morgan fingerprint density at radius 2 is 1.48 bits per heavy atom. The molecule has 0 atom stereocenters. The third-order valence-electron chi connectivity index (χ3n) is 3.89. The van der Waals surface area contributed by atoms with Gasteiger partial charge in [0.05, 0.1) is 15.6 Å². The number of fused-ring (bicyclic) bond motifs is 1. The van der Waals surface area contributed by atoms with Crippen LogP contribution in [-0.4, -0.2) is 9.97 Å². The monoisotopic (exact) mass is 434 g/mol. The molecule has 27 heavy (non-hydrogen) atoms. The minimum absolute atomic E-state index is 0. The molecule has 136 valence electrons. The van der Waals surface area contributed by atoms with E-state index in [1.54, 1.807) is 12.1 Å². The van der Waals surface area contributed by atoms with Gasteiger partial charge in [-0.25, -0.2) is 9.97 Å². The molecule has 3 aromatic carbocycles. The molecule has 0 spiro atoms. The quantitative estimate of drug-likeness (QED) is 0.528. The molecular formula is C20H12Cl4N3-. The molecule has 7 heteroatoms. The molecule has 0 aliphatic heterocycles. The van der Waals surface area contributed by atoms with Crippen molar-refractivity contribution in [1.29, 1.82) is 0 Å². The highest BCUT2D eigenvalue weighted by Crippen LogP contribution is 2.30. The second-order valence-corrected chi connectivity index (χ2v) is 6.92. The van der Waals surface area contributed by atoms with Gasteiger partial charge in [-0.1, -0.05) is 46.9 Å². The summed E-state index contributed by atoms with van der Waals surface area (Å²) in [6.07, 6.45) is 0. The fourth-order valence-corrected chi connectivity index (χ4v) is 3.03. The molecule has 0 fully saturated rings. The Hall–Kier alpha value is -2.04. The van der Waals surface area contributed by atoms with Gasteiger partial charge < -0.3 is 17.7 Å². The van der Waals surface area contributed by atoms with E-state index in [4.69, 9.17) is 39.8 Å². The van der Waals surface area contributed by atoms with Crippen LogP contribution in [0.1, 0.15) is 0 Å². The number of nitrogens with zero attached hydrogens (tertiary/aromatic N) is 2. The largest absolute Gasteiger partial charge is 1.00 e. The van der Waals surface area contributed by atoms with Gasteiger partial charge in [0.25, 0.3) is 0 Å². The van der Waals surface area contributed by atoms with Crippen LogP contribution < -0.4 is 17.7 Å². The summed E-state index contributed by atoms with van der Waals surface area (Å²) in [6.45, 7) is 0. The van der Waals surface area contributed by atoms with Crippen molar-refractivity contribution in [3.05, 3.63) is 81.8 Å². The molecule has 4 rings (SSSR count). The van der Waals surface area contributed by atoms with E-state index in [1.165, 1.54) is 0 Å². The van der Waals surface area contributed by atoms with E-state index in [9.17, 15) is 0 Å². The van der Waals surface area contributed by atoms with Crippen LogP contribution in [0.4, 0.5) is 11.5 Å². The van der Waals surface area contributed by atoms with E-state index >= 15 is 0 Å². The molecule has 0 unspecified atom stereocenters. The minimum atomic E-state index is 0. The average molecular weight is 436 g/mol. The van der Waals surface area contributed by atoms with Gasteiger partial charge in [-0.3, -0.25) is 0 Å². The summed E-state index contributed by atoms with van der Waals surface area (Å²) in [5.41, 5.74) is 2.53. The molecule has 0 aliphatic rings. The number of benzene rings is 3. The predicted octanol–water partition coefficient (Wildman–Crippen LogP) is 4.00. The van der Waals surface area contributed by atoms with E-state index in [0.29, 0.717) is 26.7 Å². The lowest BCUT2D eigenvalue weighted by Crippen LogP contribution is -3.00. The van der Waals surface area contributed by atoms with Crippen molar-refractivity contribution in [2.75, 3.05) is 5.32 Å². The van der Waals surface area contributed by atoms with Crippen LogP contribution in [0, 0.1) is 0 Å². The molecule has 0 bridgehead atoms. The van der Waals surface area contributed by atoms with E-state index in [1.807, 2.05) is 54.6 Å². The number of hydrogen-bond donors (Lipinski definition) is 1. The van der Waals surface area contributed by atoms with Crippen LogP contribution in [0.2, 0.25) is 15.1 Å². The average Bonchev–Trinajstić information content (AvgIpc) is 2.65. The minimum Gasteiger partial charge on any atom is -1.00 e. The first kappa shape index (κ1) is 19.7. The molecule has 0 saturated heterocycles. The molecule has 1 N–H and O–H groups in total. The lowest BCUT2D eigenvalue weighted by molar-refractivity contribution is -0.00000491. The third-order valence-corrected chi connectivity index (χ3v) is 4.88. The Balaban J connectivity index is 0.00000210. The molecule has 1 aromatic heterocycles. The zero-order valence-corrected chi connectivity index (χ0v) is 16.8. The van der Waals surface area contributed by atoms with Gasteiger partial charge in [-0.05, 0) is 54.6 Å². The van der Waals surface area contributed by atoms with Crippen molar-refractivity contribution < 1.29 is 12.4 Å². The van der Waals surface area contributed by atoms with Crippen molar-refractivity contribution in [3.63, 3.8) is 0 Å². The molecule has 4 aromatic rings. The van der Waals surface area contributed by atoms with Gasteiger partial charge >= 0.3 is 0 Å². The maximum atomic E-state index is 6.12. The SMILES string of the molecule is Clc1ccc(-c2nc(Nc3ccc(Cl)c(Cl)c3)c3ccccc3n2)cc1.[Cl-]. The van der Waals surface area contributed by atoms with Crippen LogP contribution in [0.25, 0.3) is 22.3 Å². The topological polar surface area (TPSA) is 37.8 Å². The van der Waals surface area contributed by atoms with E-state index < -0.39 is 0 Å². The van der Waals surface area contributed by atoms with Crippen molar-refractivity contribution >= 4 is 57.2 Å². The molecule has 0 amide bonds. The van der Waals surface area contributed by atoms with Crippen LogP contribution in [-0.2, 0) is 0 Å². The van der Waals surface area contributed by atoms with Crippen LogP contribution >= 0.6 is 34.8 Å². The first-order chi connectivity index (χ1) is 12.6. The fourth-order valence-electron chi connectivity index (χ4n) is 2.61. The Morgan fingerprint density at radius 3 is 2.22 bits per heavy atom. The predicted molar refractivity (Wildman–Crippen MR) is 110 cm³/mol. The number of halogens is 4. The number of rotatable bonds is 3. The molecule has 1 heterocycles. The van der Waals surface area contributed by atoms with Crippen molar-refractivity contribution in [2.45, 2.75) is 0 Å². The van der Waals surface area contributed by atoms with E-state index in [2.05, 4.69) is 10.3 Å². The second kappa shape index (κ2) is 8.32. The third kappa shape index (κ3) is 4.28. The van der Waals surface area contributed by atoms with Crippen LogP contribution in [0.15, 0.2) is 66.7 Å². The zero-order valence-electron chi connectivity index (χ0n) is 13.8. The van der Waals surface area contributed by atoms with Gasteiger partial charge in [0.15, 0.2) is 5.82 Å². The van der Waals surface area contributed by atoms with Crippen molar-refractivity contribution in [2.24, 2.45) is 0 Å². The Labute approximate surface area is 177 Å². The van der Waals surface area contributed by atoms with Crippen LogP contribution in [0.3, 0.4) is 0 Å². The molecule has 0 aliphatic carbocycles. The van der Waals surface area contributed by atoms with E-state index in [-0.39, 0.29) is 12.4 Å². The summed E-state index contributed by atoms with van der Waals surface area (Å²) in [7, 11) is 0. The molecular weight excluding hydrogens is 424 g/mol. The van der Waals surface area contributed by atoms with Gasteiger partial charge in [-0.15, -0.1) is 0 Å². The Bertz CT molecular complexity index is 1100. The summed E-state index contributed by atoms with van der Waals surface area (Å²) in [5.74, 6) is 1.31. The highest BCUT2D eigenvalue weighted by atomic mass is 35.5. The Morgan fingerprint density at radius 1 is 0.741 bits per heavy atom. The second-order valence-electron chi connectivity index (χ2n) is 5.67. The van der Waals surface area contributed by atoms with Gasteiger partial charge in [0, 0.05) is 21.7 Å². The first-order valence-corrected chi connectivity index (χ1v) is 8.98. The highest BCUT2D eigenvalue weighted by molar-refractivity contribution is 6.42. The molecule has 0 radical (unpaired) electrons. The van der Waals surface area contributed by atoms with Crippen molar-refractivity contribution in [1.82, 2.24) is 9.97 Å². The summed E-state index contributed by atoms with van der Waals surface area (Å²) < 4.78 is 0. The zero-order chi connectivity index (χ0) is 18.1. The number of nitrogens with one attached hydrogen (secondary N) is 1. The summed E-state index contributed by atoms with van der Waals surface area (Å²) in [4.78, 5) is 9.37. The summed E-state index contributed by atoms with van der Waals surface area (Å²) in [6, 6.07) is 20.6. The smallest absolute Gasteiger partial charge is 0.162 e. The van der Waals surface area contributed by atoms with Crippen LogP contribution in [0.5, 0.6) is 0 Å². The fraction of sp³-hybridized carbons (Fsp3) is 0. The summed E-state index contributed by atoms with van der Waals surface area (Å²) in [5, 5.41) is 5.89.